The summed E-state index contributed by atoms with van der Waals surface area (Å²) in [6, 6.07) is 5.29. The van der Waals surface area contributed by atoms with Gasteiger partial charge in [0.05, 0.1) is 0 Å². The second-order valence-electron chi connectivity index (χ2n) is 3.57. The van der Waals surface area contributed by atoms with Crippen molar-refractivity contribution in [3.63, 3.8) is 0 Å². The highest BCUT2D eigenvalue weighted by molar-refractivity contribution is 6.19. The molecule has 0 fully saturated rings. The zero-order chi connectivity index (χ0) is 12.8. The highest BCUT2D eigenvalue weighted by Gasteiger charge is 2.10. The molecule has 0 aliphatic carbocycles. The summed E-state index contributed by atoms with van der Waals surface area (Å²) in [5.74, 6) is -0.854. The Morgan fingerprint density at radius 2 is 2.12 bits per heavy atom. The van der Waals surface area contributed by atoms with Gasteiger partial charge in [-0.15, -0.1) is 11.6 Å². The molecular weight excluding hydrogens is 240 g/mol. The minimum absolute atomic E-state index is 0.0752. The van der Waals surface area contributed by atoms with Crippen LogP contribution in [0.3, 0.4) is 0 Å². The van der Waals surface area contributed by atoms with Crippen molar-refractivity contribution >= 4 is 29.4 Å². The Kier molecular flexibility index (Phi) is 4.91. The lowest BCUT2D eigenvalue weighted by molar-refractivity contribution is -0.131. The molecule has 0 atom stereocenters. The van der Waals surface area contributed by atoms with Crippen LogP contribution >= 0.6 is 11.6 Å². The minimum atomic E-state index is -1.04. The van der Waals surface area contributed by atoms with Crippen LogP contribution in [0, 0.1) is 6.92 Å². The van der Waals surface area contributed by atoms with E-state index in [9.17, 15) is 9.59 Å². The molecule has 0 radical (unpaired) electrons. The molecule has 0 amide bonds. The second-order valence-corrected chi connectivity index (χ2v) is 3.95. The quantitative estimate of drug-likeness (QED) is 0.498. The van der Waals surface area contributed by atoms with E-state index < -0.39 is 5.97 Å². The standard InChI is InChI=1S/C13H13ClO3/c1-9-3-2-4-11(12(15)7-8-14)10(9)5-6-13(16)17/h2-6H,7-8H2,1H3,(H,16,17)/b6-5+. The molecule has 0 aliphatic heterocycles. The molecule has 1 aromatic carbocycles. The van der Waals surface area contributed by atoms with Crippen LogP contribution in [0.2, 0.25) is 0 Å². The molecule has 0 heterocycles. The van der Waals surface area contributed by atoms with Crippen LogP contribution in [0.15, 0.2) is 24.3 Å². The Labute approximate surface area is 105 Å². The summed E-state index contributed by atoms with van der Waals surface area (Å²) in [6.45, 7) is 1.83. The molecule has 0 bridgehead atoms. The normalized spacial score (nSPS) is 10.7. The van der Waals surface area contributed by atoms with Gasteiger partial charge >= 0.3 is 5.97 Å². The lowest BCUT2D eigenvalue weighted by Crippen LogP contribution is -2.03. The zero-order valence-corrected chi connectivity index (χ0v) is 10.2. The molecule has 1 aromatic rings. The summed E-state index contributed by atoms with van der Waals surface area (Å²) < 4.78 is 0. The average Bonchev–Trinajstić information content (AvgIpc) is 2.27. The maximum atomic E-state index is 11.8. The Bertz CT molecular complexity index is 464. The van der Waals surface area contributed by atoms with Crippen LogP contribution in [0.4, 0.5) is 0 Å². The minimum Gasteiger partial charge on any atom is -0.478 e. The first-order valence-corrected chi connectivity index (χ1v) is 5.69. The molecule has 0 aromatic heterocycles. The molecule has 0 saturated carbocycles. The van der Waals surface area contributed by atoms with Crippen LogP contribution in [0.1, 0.15) is 27.9 Å². The van der Waals surface area contributed by atoms with E-state index in [0.717, 1.165) is 11.6 Å². The predicted octanol–water partition coefficient (Wildman–Crippen LogP) is 2.90. The Balaban J connectivity index is 3.17. The number of hydrogen-bond donors (Lipinski definition) is 1. The van der Waals surface area contributed by atoms with Gasteiger partial charge in [0.1, 0.15) is 0 Å². The number of hydrogen-bond acceptors (Lipinski definition) is 2. The van der Waals surface area contributed by atoms with Gasteiger partial charge in [0, 0.05) is 23.9 Å². The van der Waals surface area contributed by atoms with E-state index in [1.165, 1.54) is 6.08 Å². The van der Waals surface area contributed by atoms with Crippen molar-refractivity contribution in [1.29, 1.82) is 0 Å². The fourth-order valence-corrected chi connectivity index (χ4v) is 1.69. The Morgan fingerprint density at radius 3 is 2.71 bits per heavy atom. The van der Waals surface area contributed by atoms with Crippen LogP contribution in [-0.2, 0) is 4.79 Å². The number of carbonyl (C=O) groups is 2. The number of aryl methyl sites for hydroxylation is 1. The average molecular weight is 253 g/mol. The molecule has 1 rings (SSSR count). The monoisotopic (exact) mass is 252 g/mol. The number of carboxylic acids is 1. The molecule has 3 nitrogen and oxygen atoms in total. The van der Waals surface area contributed by atoms with Gasteiger partial charge in [-0.2, -0.15) is 0 Å². The summed E-state index contributed by atoms with van der Waals surface area (Å²) >= 11 is 5.53. The highest BCUT2D eigenvalue weighted by Crippen LogP contribution is 2.18. The van der Waals surface area contributed by atoms with E-state index in [1.807, 2.05) is 13.0 Å². The van der Waals surface area contributed by atoms with Crippen molar-refractivity contribution in [3.05, 3.63) is 41.0 Å². The molecule has 90 valence electrons. The maximum Gasteiger partial charge on any atom is 0.328 e. The van der Waals surface area contributed by atoms with Crippen LogP contribution in [0.5, 0.6) is 0 Å². The first-order valence-electron chi connectivity index (χ1n) is 5.16. The van der Waals surface area contributed by atoms with E-state index in [2.05, 4.69) is 0 Å². The molecule has 1 N–H and O–H groups in total. The van der Waals surface area contributed by atoms with Crippen molar-refractivity contribution in [2.75, 3.05) is 5.88 Å². The third-order valence-electron chi connectivity index (χ3n) is 2.34. The van der Waals surface area contributed by atoms with Crippen molar-refractivity contribution in [2.45, 2.75) is 13.3 Å². The van der Waals surface area contributed by atoms with Crippen LogP contribution in [-0.4, -0.2) is 22.7 Å². The number of ketones is 1. The van der Waals surface area contributed by atoms with Gasteiger partial charge in [-0.3, -0.25) is 4.79 Å². The third-order valence-corrected chi connectivity index (χ3v) is 2.53. The highest BCUT2D eigenvalue weighted by atomic mass is 35.5. The summed E-state index contributed by atoms with van der Waals surface area (Å²) in [6.07, 6.45) is 2.72. The number of rotatable bonds is 5. The number of Topliss-reactive ketones (excluding diaryl/α,β-unsaturated/α-hetero) is 1. The third kappa shape index (κ3) is 3.71. The van der Waals surface area contributed by atoms with Crippen molar-refractivity contribution in [2.24, 2.45) is 0 Å². The molecule has 0 unspecified atom stereocenters. The number of carbonyl (C=O) groups excluding carboxylic acids is 1. The molecular formula is C13H13ClO3. The molecule has 4 heteroatoms. The fourth-order valence-electron chi connectivity index (χ4n) is 1.52. The van der Waals surface area contributed by atoms with Crippen LogP contribution in [0.25, 0.3) is 6.08 Å². The van der Waals surface area contributed by atoms with E-state index in [4.69, 9.17) is 16.7 Å². The molecule has 0 saturated heterocycles. The van der Waals surface area contributed by atoms with Crippen LogP contribution < -0.4 is 0 Å². The summed E-state index contributed by atoms with van der Waals surface area (Å²) in [4.78, 5) is 22.3. The van der Waals surface area contributed by atoms with E-state index >= 15 is 0 Å². The number of benzene rings is 1. The number of aliphatic carboxylic acids is 1. The fraction of sp³-hybridized carbons (Fsp3) is 0.231. The van der Waals surface area contributed by atoms with Gasteiger partial charge in [-0.05, 0) is 24.1 Å². The first-order chi connectivity index (χ1) is 8.06. The smallest absolute Gasteiger partial charge is 0.328 e. The topological polar surface area (TPSA) is 54.4 Å². The Hall–Kier alpha value is -1.61. The molecule has 17 heavy (non-hydrogen) atoms. The zero-order valence-electron chi connectivity index (χ0n) is 9.44. The largest absolute Gasteiger partial charge is 0.478 e. The predicted molar refractivity (Wildman–Crippen MR) is 67.5 cm³/mol. The molecule has 0 spiro atoms. The summed E-state index contributed by atoms with van der Waals surface area (Å²) in [7, 11) is 0. The van der Waals surface area contributed by atoms with E-state index in [1.54, 1.807) is 12.1 Å². The Morgan fingerprint density at radius 1 is 1.41 bits per heavy atom. The van der Waals surface area contributed by atoms with Gasteiger partial charge < -0.3 is 5.11 Å². The van der Waals surface area contributed by atoms with E-state index in [-0.39, 0.29) is 18.1 Å². The van der Waals surface area contributed by atoms with Crippen molar-refractivity contribution in [1.82, 2.24) is 0 Å². The number of alkyl halides is 1. The van der Waals surface area contributed by atoms with Gasteiger partial charge in [0.2, 0.25) is 0 Å². The van der Waals surface area contributed by atoms with Gasteiger partial charge in [-0.25, -0.2) is 4.79 Å². The summed E-state index contributed by atoms with van der Waals surface area (Å²) in [5.41, 5.74) is 2.02. The van der Waals surface area contributed by atoms with E-state index in [0.29, 0.717) is 11.1 Å². The molecule has 0 aliphatic rings. The summed E-state index contributed by atoms with van der Waals surface area (Å²) in [5, 5.41) is 8.61. The second kappa shape index (κ2) is 6.21. The SMILES string of the molecule is Cc1cccc(C(=O)CCCl)c1/C=C/C(=O)O. The van der Waals surface area contributed by atoms with Crippen molar-refractivity contribution in [3.8, 4) is 0 Å². The number of carboxylic acid groups (broad SMARTS) is 1. The van der Waals surface area contributed by atoms with Gasteiger partial charge in [0.25, 0.3) is 0 Å². The lowest BCUT2D eigenvalue weighted by atomic mass is 9.97. The van der Waals surface area contributed by atoms with Gasteiger partial charge in [-0.1, -0.05) is 18.2 Å². The van der Waals surface area contributed by atoms with Gasteiger partial charge in [0.15, 0.2) is 5.78 Å². The lowest BCUT2D eigenvalue weighted by Gasteiger charge is -2.07. The first kappa shape index (κ1) is 13.5. The maximum absolute atomic E-state index is 11.8. The van der Waals surface area contributed by atoms with Crippen molar-refractivity contribution < 1.29 is 14.7 Å². The number of halogens is 1.